The molecule has 0 bridgehead atoms. The second kappa shape index (κ2) is 7.98. The van der Waals surface area contributed by atoms with Crippen LogP contribution < -0.4 is 10.1 Å². The summed E-state index contributed by atoms with van der Waals surface area (Å²) in [7, 11) is 0. The minimum absolute atomic E-state index is 0.0903. The van der Waals surface area contributed by atoms with Crippen LogP contribution in [0.3, 0.4) is 0 Å². The Balaban J connectivity index is 1.59. The van der Waals surface area contributed by atoms with E-state index in [1.54, 1.807) is 0 Å². The number of hydrogen-bond donors (Lipinski definition) is 3. The maximum absolute atomic E-state index is 12.7. The Morgan fingerprint density at radius 1 is 1.15 bits per heavy atom. The lowest BCUT2D eigenvalue weighted by Crippen LogP contribution is -2.57. The Labute approximate surface area is 151 Å². The molecule has 3 rings (SSSR count). The third-order valence-corrected chi connectivity index (χ3v) is 3.83. The van der Waals surface area contributed by atoms with Crippen LogP contribution >= 0.6 is 0 Å². The predicted octanol–water partition coefficient (Wildman–Crippen LogP) is 0.265. The van der Waals surface area contributed by atoms with Gasteiger partial charge in [-0.25, -0.2) is 9.97 Å². The average Bonchev–Trinajstić information content (AvgIpc) is 2.65. The van der Waals surface area contributed by atoms with E-state index in [1.807, 2.05) is 0 Å². The van der Waals surface area contributed by atoms with Crippen LogP contribution in [-0.4, -0.2) is 67.7 Å². The first-order valence-electron chi connectivity index (χ1n) is 7.87. The lowest BCUT2D eigenvalue weighted by atomic mass is 9.98. The first kappa shape index (κ1) is 19.2. The number of anilines is 1. The molecule has 3 N–H and O–H groups in total. The predicted molar refractivity (Wildman–Crippen MR) is 83.7 cm³/mol. The van der Waals surface area contributed by atoms with Crippen molar-refractivity contribution in [3.05, 3.63) is 36.7 Å². The highest BCUT2D eigenvalue weighted by Crippen LogP contribution is 2.28. The molecule has 9 nitrogen and oxygen atoms in total. The fraction of sp³-hybridized carbons (Fsp3) is 0.467. The van der Waals surface area contributed by atoms with E-state index in [-0.39, 0.29) is 24.9 Å². The Morgan fingerprint density at radius 2 is 1.96 bits per heavy atom. The molecule has 1 aliphatic heterocycles. The first-order chi connectivity index (χ1) is 12.8. The number of rotatable bonds is 5. The van der Waals surface area contributed by atoms with E-state index >= 15 is 0 Å². The van der Waals surface area contributed by atoms with Crippen LogP contribution in [0.5, 0.6) is 5.88 Å². The maximum atomic E-state index is 12.7. The van der Waals surface area contributed by atoms with E-state index in [0.29, 0.717) is 6.20 Å². The zero-order valence-corrected chi connectivity index (χ0v) is 13.7. The van der Waals surface area contributed by atoms with Gasteiger partial charge in [-0.2, -0.15) is 13.2 Å². The number of aliphatic hydroxyl groups excluding tert-OH is 2. The Bertz CT molecular complexity index is 752. The molecule has 4 atom stereocenters. The largest absolute Gasteiger partial charge is 0.474 e. The van der Waals surface area contributed by atoms with Crippen molar-refractivity contribution in [3.63, 3.8) is 0 Å². The fourth-order valence-corrected chi connectivity index (χ4v) is 2.45. The summed E-state index contributed by atoms with van der Waals surface area (Å²) in [5.74, 6) is 0.0289. The van der Waals surface area contributed by atoms with Crippen molar-refractivity contribution in [2.45, 2.75) is 30.5 Å². The summed E-state index contributed by atoms with van der Waals surface area (Å²) in [5, 5.41) is 23.0. The van der Waals surface area contributed by atoms with Crippen LogP contribution in [0.25, 0.3) is 0 Å². The Hall–Kier alpha value is -2.57. The topological polar surface area (TPSA) is 123 Å². The number of halogens is 3. The molecule has 12 heteroatoms. The van der Waals surface area contributed by atoms with Crippen molar-refractivity contribution in [1.29, 1.82) is 0 Å². The SMILES string of the molecule is O[C@@H]1[C@H](O)[C@@H](Nc2cncc(C(F)(F)F)n2)CO[C@@H]1COc1cnccn1. The maximum Gasteiger partial charge on any atom is 0.434 e. The van der Waals surface area contributed by atoms with E-state index in [0.717, 1.165) is 6.20 Å². The molecule has 1 aliphatic rings. The van der Waals surface area contributed by atoms with Gasteiger partial charge in [-0.05, 0) is 0 Å². The first-order valence-corrected chi connectivity index (χ1v) is 7.87. The van der Waals surface area contributed by atoms with E-state index in [9.17, 15) is 23.4 Å². The van der Waals surface area contributed by atoms with Gasteiger partial charge in [0.05, 0.1) is 31.2 Å². The number of nitrogens with one attached hydrogen (secondary N) is 1. The molecule has 1 fully saturated rings. The van der Waals surface area contributed by atoms with Gasteiger partial charge >= 0.3 is 6.18 Å². The summed E-state index contributed by atoms with van der Waals surface area (Å²) in [4.78, 5) is 14.6. The van der Waals surface area contributed by atoms with Crippen LogP contribution in [0.4, 0.5) is 19.0 Å². The number of aliphatic hydroxyl groups is 2. The molecule has 0 unspecified atom stereocenters. The van der Waals surface area contributed by atoms with Crippen molar-refractivity contribution < 1.29 is 32.9 Å². The molecule has 0 amide bonds. The molecule has 2 aromatic heterocycles. The molecule has 0 spiro atoms. The molecular weight excluding hydrogens is 371 g/mol. The number of aromatic nitrogens is 4. The molecule has 0 radical (unpaired) electrons. The third-order valence-electron chi connectivity index (χ3n) is 3.83. The van der Waals surface area contributed by atoms with Gasteiger partial charge in [0.1, 0.15) is 30.7 Å². The van der Waals surface area contributed by atoms with Crippen LogP contribution in [0, 0.1) is 0 Å². The van der Waals surface area contributed by atoms with Crippen molar-refractivity contribution >= 4 is 5.82 Å². The summed E-state index contributed by atoms with van der Waals surface area (Å²) in [5.41, 5.74) is -1.17. The van der Waals surface area contributed by atoms with Crippen molar-refractivity contribution in [2.24, 2.45) is 0 Å². The van der Waals surface area contributed by atoms with Gasteiger partial charge < -0.3 is 25.0 Å². The molecule has 3 heterocycles. The number of nitrogens with zero attached hydrogens (tertiary/aromatic N) is 4. The summed E-state index contributed by atoms with van der Waals surface area (Å²) in [6.07, 6.45) is -2.22. The van der Waals surface area contributed by atoms with Crippen LogP contribution in [0.15, 0.2) is 31.0 Å². The minimum atomic E-state index is -4.64. The van der Waals surface area contributed by atoms with Gasteiger partial charge in [-0.15, -0.1) is 0 Å². The highest BCUT2D eigenvalue weighted by molar-refractivity contribution is 5.34. The van der Waals surface area contributed by atoms with Gasteiger partial charge in [0.15, 0.2) is 5.69 Å². The van der Waals surface area contributed by atoms with Crippen LogP contribution in [0.2, 0.25) is 0 Å². The average molecular weight is 387 g/mol. The molecule has 146 valence electrons. The third kappa shape index (κ3) is 4.78. The van der Waals surface area contributed by atoms with Gasteiger partial charge in [0.2, 0.25) is 5.88 Å². The van der Waals surface area contributed by atoms with E-state index < -0.39 is 36.2 Å². The van der Waals surface area contributed by atoms with E-state index in [4.69, 9.17) is 9.47 Å². The van der Waals surface area contributed by atoms with Gasteiger partial charge in [0.25, 0.3) is 0 Å². The van der Waals surface area contributed by atoms with Crippen LogP contribution in [0.1, 0.15) is 5.69 Å². The number of alkyl halides is 3. The lowest BCUT2D eigenvalue weighted by molar-refractivity contribution is -0.150. The van der Waals surface area contributed by atoms with Gasteiger partial charge in [0, 0.05) is 12.4 Å². The smallest absolute Gasteiger partial charge is 0.434 e. The van der Waals surface area contributed by atoms with Gasteiger partial charge in [-0.3, -0.25) is 9.97 Å². The zero-order chi connectivity index (χ0) is 19.4. The number of hydrogen-bond acceptors (Lipinski definition) is 9. The summed E-state index contributed by atoms with van der Waals surface area (Å²) < 4.78 is 48.9. The quantitative estimate of drug-likeness (QED) is 0.663. The normalized spacial score (nSPS) is 25.8. The van der Waals surface area contributed by atoms with Crippen LogP contribution in [-0.2, 0) is 10.9 Å². The Morgan fingerprint density at radius 3 is 2.67 bits per heavy atom. The minimum Gasteiger partial charge on any atom is -0.474 e. The molecule has 0 aliphatic carbocycles. The summed E-state index contributed by atoms with van der Waals surface area (Å²) >= 11 is 0. The molecular formula is C15H16F3N5O4. The van der Waals surface area contributed by atoms with E-state index in [2.05, 4.69) is 25.3 Å². The highest BCUT2D eigenvalue weighted by atomic mass is 19.4. The molecule has 0 aromatic carbocycles. The number of ether oxygens (including phenoxy) is 2. The fourth-order valence-electron chi connectivity index (χ4n) is 2.45. The lowest BCUT2D eigenvalue weighted by Gasteiger charge is -2.37. The monoisotopic (exact) mass is 387 g/mol. The standard InChI is InChI=1S/C15H16F3N5O4/c16-15(17,18)10-3-20-4-11(23-10)22-8-6-26-9(14(25)13(8)24)7-27-12-5-19-1-2-21-12/h1-5,8-9,13-14,24-25H,6-7H2,(H,22,23)/t8-,9+,13+,14-/m0/s1. The van der Waals surface area contributed by atoms with Crippen molar-refractivity contribution in [3.8, 4) is 5.88 Å². The molecule has 0 saturated carbocycles. The second-order valence-electron chi connectivity index (χ2n) is 5.75. The second-order valence-corrected chi connectivity index (χ2v) is 5.75. The molecule has 1 saturated heterocycles. The van der Waals surface area contributed by atoms with Crippen molar-refractivity contribution in [2.75, 3.05) is 18.5 Å². The zero-order valence-electron chi connectivity index (χ0n) is 13.7. The highest BCUT2D eigenvalue weighted by Gasteiger charge is 2.39. The molecule has 27 heavy (non-hydrogen) atoms. The summed E-state index contributed by atoms with van der Waals surface area (Å²) in [6.45, 7) is -0.183. The molecule has 2 aromatic rings. The Kier molecular flexibility index (Phi) is 5.68. The van der Waals surface area contributed by atoms with Gasteiger partial charge in [-0.1, -0.05) is 0 Å². The summed E-state index contributed by atoms with van der Waals surface area (Å²) in [6, 6.07) is -0.884. The van der Waals surface area contributed by atoms with E-state index in [1.165, 1.54) is 18.6 Å². The van der Waals surface area contributed by atoms with Crippen molar-refractivity contribution in [1.82, 2.24) is 19.9 Å².